The SMILES string of the molecule is CC(=O)Nc1ccc(S(=O)(=O)N[C@@H](C)C(=O)Nc2cccc(C(=O)N3CCCC3)c2C)cc1. The lowest BCUT2D eigenvalue weighted by molar-refractivity contribution is -0.117. The number of nitrogens with zero attached hydrogens (tertiary/aromatic N) is 1. The smallest absolute Gasteiger partial charge is 0.254 e. The number of benzene rings is 2. The number of likely N-dealkylation sites (tertiary alicyclic amines) is 1. The van der Waals surface area contributed by atoms with Gasteiger partial charge in [0.25, 0.3) is 5.91 Å². The molecule has 3 rings (SSSR count). The van der Waals surface area contributed by atoms with Crippen LogP contribution >= 0.6 is 0 Å². The first-order valence-corrected chi connectivity index (χ1v) is 12.2. The maximum atomic E-state index is 12.8. The number of rotatable bonds is 7. The lowest BCUT2D eigenvalue weighted by Gasteiger charge is -2.19. The average molecular weight is 473 g/mol. The summed E-state index contributed by atoms with van der Waals surface area (Å²) in [5, 5.41) is 5.28. The van der Waals surface area contributed by atoms with Gasteiger partial charge in [-0.15, -0.1) is 0 Å². The number of amides is 3. The molecule has 0 aliphatic carbocycles. The molecular formula is C23H28N4O5S. The number of carbonyl (C=O) groups excluding carboxylic acids is 3. The minimum Gasteiger partial charge on any atom is -0.339 e. The lowest BCUT2D eigenvalue weighted by Crippen LogP contribution is -2.41. The minimum atomic E-state index is -3.97. The van der Waals surface area contributed by atoms with Gasteiger partial charge in [0.1, 0.15) is 0 Å². The third-order valence-corrected chi connectivity index (χ3v) is 6.98. The second-order valence-electron chi connectivity index (χ2n) is 8.02. The lowest BCUT2D eigenvalue weighted by atomic mass is 10.1. The van der Waals surface area contributed by atoms with Crippen molar-refractivity contribution in [2.45, 2.75) is 44.6 Å². The van der Waals surface area contributed by atoms with Gasteiger partial charge in [-0.05, 0) is 68.7 Å². The Hall–Kier alpha value is -3.24. The highest BCUT2D eigenvalue weighted by molar-refractivity contribution is 7.89. The standard InChI is InChI=1S/C23H28N4O5S/c1-15-20(23(30)27-13-4-5-14-27)7-6-8-21(15)25-22(29)16(2)26-33(31,32)19-11-9-18(10-12-19)24-17(3)28/h6-12,16,26H,4-5,13-14H2,1-3H3,(H,24,28)(H,25,29)/t16-/m0/s1. The van der Waals surface area contributed by atoms with Crippen LogP contribution in [0.2, 0.25) is 0 Å². The van der Waals surface area contributed by atoms with Crippen LogP contribution in [0.3, 0.4) is 0 Å². The molecule has 0 spiro atoms. The first kappa shape index (κ1) is 24.4. The fourth-order valence-corrected chi connectivity index (χ4v) is 4.81. The molecule has 1 aliphatic heterocycles. The van der Waals surface area contributed by atoms with Crippen molar-refractivity contribution in [2.75, 3.05) is 23.7 Å². The van der Waals surface area contributed by atoms with E-state index in [4.69, 9.17) is 0 Å². The highest BCUT2D eigenvalue weighted by Crippen LogP contribution is 2.22. The van der Waals surface area contributed by atoms with Crippen LogP contribution < -0.4 is 15.4 Å². The summed E-state index contributed by atoms with van der Waals surface area (Å²) < 4.78 is 27.7. The van der Waals surface area contributed by atoms with Crippen LogP contribution in [0.15, 0.2) is 47.4 Å². The zero-order chi connectivity index (χ0) is 24.2. The van der Waals surface area contributed by atoms with Crippen LogP contribution in [0, 0.1) is 6.92 Å². The second kappa shape index (κ2) is 10.1. The third kappa shape index (κ3) is 5.96. The van der Waals surface area contributed by atoms with E-state index in [-0.39, 0.29) is 16.7 Å². The molecular weight excluding hydrogens is 444 g/mol. The van der Waals surface area contributed by atoms with E-state index in [0.29, 0.717) is 22.5 Å². The summed E-state index contributed by atoms with van der Waals surface area (Å²) in [5.74, 6) is -0.893. The van der Waals surface area contributed by atoms with Crippen LogP contribution in [0.1, 0.15) is 42.6 Å². The Kier molecular flexibility index (Phi) is 7.50. The molecule has 1 fully saturated rings. The summed E-state index contributed by atoms with van der Waals surface area (Å²) in [6.45, 7) is 5.99. The van der Waals surface area contributed by atoms with Crippen molar-refractivity contribution >= 4 is 39.1 Å². The molecule has 0 saturated carbocycles. The van der Waals surface area contributed by atoms with E-state index >= 15 is 0 Å². The average Bonchev–Trinajstić information content (AvgIpc) is 3.29. The van der Waals surface area contributed by atoms with Crippen molar-refractivity contribution in [3.63, 3.8) is 0 Å². The largest absolute Gasteiger partial charge is 0.339 e. The van der Waals surface area contributed by atoms with Crippen molar-refractivity contribution in [3.8, 4) is 0 Å². The zero-order valence-corrected chi connectivity index (χ0v) is 19.7. The quantitative estimate of drug-likeness (QED) is 0.571. The molecule has 1 heterocycles. The fraction of sp³-hybridized carbons (Fsp3) is 0.348. The highest BCUT2D eigenvalue weighted by atomic mass is 32.2. The van der Waals surface area contributed by atoms with E-state index in [1.54, 1.807) is 30.0 Å². The number of nitrogens with one attached hydrogen (secondary N) is 3. The van der Waals surface area contributed by atoms with Gasteiger partial charge >= 0.3 is 0 Å². The van der Waals surface area contributed by atoms with Gasteiger partial charge in [-0.2, -0.15) is 4.72 Å². The number of hydrogen-bond acceptors (Lipinski definition) is 5. The summed E-state index contributed by atoms with van der Waals surface area (Å²) in [6.07, 6.45) is 1.96. The van der Waals surface area contributed by atoms with Gasteiger partial charge < -0.3 is 15.5 Å². The molecule has 0 radical (unpaired) electrons. The molecule has 0 bridgehead atoms. The molecule has 33 heavy (non-hydrogen) atoms. The first-order chi connectivity index (χ1) is 15.6. The summed E-state index contributed by atoms with van der Waals surface area (Å²) in [6, 6.07) is 9.64. The summed E-state index contributed by atoms with van der Waals surface area (Å²) >= 11 is 0. The summed E-state index contributed by atoms with van der Waals surface area (Å²) in [7, 11) is -3.97. The van der Waals surface area contributed by atoms with Crippen LogP contribution in [0.25, 0.3) is 0 Å². The molecule has 10 heteroatoms. The molecule has 176 valence electrons. The molecule has 0 aromatic heterocycles. The molecule has 2 aromatic carbocycles. The monoisotopic (exact) mass is 472 g/mol. The van der Waals surface area contributed by atoms with E-state index < -0.39 is 22.0 Å². The van der Waals surface area contributed by atoms with Crippen LogP contribution in [0.4, 0.5) is 11.4 Å². The van der Waals surface area contributed by atoms with Crippen molar-refractivity contribution < 1.29 is 22.8 Å². The van der Waals surface area contributed by atoms with Crippen LogP contribution in [0.5, 0.6) is 0 Å². The van der Waals surface area contributed by atoms with Crippen molar-refractivity contribution in [3.05, 3.63) is 53.6 Å². The maximum Gasteiger partial charge on any atom is 0.254 e. The first-order valence-electron chi connectivity index (χ1n) is 10.7. The van der Waals surface area contributed by atoms with Crippen molar-refractivity contribution in [1.82, 2.24) is 9.62 Å². The minimum absolute atomic E-state index is 0.0364. The van der Waals surface area contributed by atoms with E-state index in [2.05, 4.69) is 15.4 Å². The van der Waals surface area contributed by atoms with Crippen LogP contribution in [-0.4, -0.2) is 50.2 Å². The Labute approximate surface area is 193 Å². The predicted molar refractivity (Wildman–Crippen MR) is 125 cm³/mol. The van der Waals surface area contributed by atoms with Crippen molar-refractivity contribution in [1.29, 1.82) is 0 Å². The topological polar surface area (TPSA) is 125 Å². The normalized spacial score (nSPS) is 14.6. The third-order valence-electron chi connectivity index (χ3n) is 5.43. The zero-order valence-electron chi connectivity index (χ0n) is 18.8. The molecule has 1 saturated heterocycles. The molecule has 1 aliphatic rings. The van der Waals surface area contributed by atoms with Gasteiger partial charge in [0, 0.05) is 37.0 Å². The Morgan fingerprint density at radius 3 is 2.21 bits per heavy atom. The molecule has 9 nitrogen and oxygen atoms in total. The van der Waals surface area contributed by atoms with Gasteiger partial charge in [-0.3, -0.25) is 14.4 Å². The summed E-state index contributed by atoms with van der Waals surface area (Å²) in [5.41, 5.74) is 2.07. The molecule has 3 amide bonds. The second-order valence-corrected chi connectivity index (χ2v) is 9.73. The molecule has 0 unspecified atom stereocenters. The van der Waals surface area contributed by atoms with Gasteiger partial charge in [0.15, 0.2) is 0 Å². The highest BCUT2D eigenvalue weighted by Gasteiger charge is 2.25. The van der Waals surface area contributed by atoms with Gasteiger partial charge in [0.05, 0.1) is 10.9 Å². The van der Waals surface area contributed by atoms with E-state index in [1.807, 2.05) is 0 Å². The van der Waals surface area contributed by atoms with Crippen molar-refractivity contribution in [2.24, 2.45) is 0 Å². The Morgan fingerprint density at radius 2 is 1.61 bits per heavy atom. The Morgan fingerprint density at radius 1 is 0.970 bits per heavy atom. The fourth-order valence-electron chi connectivity index (χ4n) is 3.61. The van der Waals surface area contributed by atoms with Gasteiger partial charge in [-0.25, -0.2) is 8.42 Å². The maximum absolute atomic E-state index is 12.8. The van der Waals surface area contributed by atoms with Gasteiger partial charge in [0.2, 0.25) is 21.8 Å². The molecule has 2 aromatic rings. The van der Waals surface area contributed by atoms with E-state index in [1.165, 1.54) is 38.1 Å². The number of hydrogen-bond donors (Lipinski definition) is 3. The number of sulfonamides is 1. The number of anilines is 2. The molecule has 3 N–H and O–H groups in total. The van der Waals surface area contributed by atoms with Crippen LogP contribution in [-0.2, 0) is 19.6 Å². The molecule has 1 atom stereocenters. The summed E-state index contributed by atoms with van der Waals surface area (Å²) in [4.78, 5) is 38.3. The Balaban J connectivity index is 1.68. The van der Waals surface area contributed by atoms with E-state index in [9.17, 15) is 22.8 Å². The van der Waals surface area contributed by atoms with E-state index in [0.717, 1.165) is 25.9 Å². The predicted octanol–water partition coefficient (Wildman–Crippen LogP) is 2.49. The number of carbonyl (C=O) groups is 3. The van der Waals surface area contributed by atoms with Gasteiger partial charge in [-0.1, -0.05) is 6.07 Å². The Bertz CT molecular complexity index is 1160.